The highest BCUT2D eigenvalue weighted by Gasteiger charge is 2.17. The standard InChI is InChI=1S/C18H12FN5O/c19-13-7-14(10-22-9-13)24-16-4-3-11(12-2-1-5-21-8-12)6-15(16)17(23-24)18(20)25/h1-10H,(H2,20,25). The van der Waals surface area contributed by atoms with Gasteiger partial charge < -0.3 is 5.73 Å². The lowest BCUT2D eigenvalue weighted by Gasteiger charge is -2.04. The molecule has 0 aliphatic heterocycles. The van der Waals surface area contributed by atoms with Crippen molar-refractivity contribution in [2.75, 3.05) is 0 Å². The lowest BCUT2D eigenvalue weighted by atomic mass is 10.0. The lowest BCUT2D eigenvalue weighted by Crippen LogP contribution is -2.12. The first-order chi connectivity index (χ1) is 12.1. The van der Waals surface area contributed by atoms with Crippen LogP contribution in [0.25, 0.3) is 27.7 Å². The predicted molar refractivity (Wildman–Crippen MR) is 90.6 cm³/mol. The number of aromatic nitrogens is 4. The van der Waals surface area contributed by atoms with Gasteiger partial charge in [-0.05, 0) is 23.8 Å². The van der Waals surface area contributed by atoms with E-state index < -0.39 is 11.7 Å². The summed E-state index contributed by atoms with van der Waals surface area (Å²) in [4.78, 5) is 19.7. The normalized spacial score (nSPS) is 10.9. The molecule has 0 spiro atoms. The molecule has 3 heterocycles. The molecule has 3 aromatic heterocycles. The first-order valence-electron chi connectivity index (χ1n) is 7.47. The minimum absolute atomic E-state index is 0.116. The van der Waals surface area contributed by atoms with E-state index in [1.54, 1.807) is 12.4 Å². The SMILES string of the molecule is NC(=O)c1nn(-c2cncc(F)c2)c2ccc(-c3cccnc3)cc12. The Labute approximate surface area is 141 Å². The molecule has 0 saturated carbocycles. The topological polar surface area (TPSA) is 86.7 Å². The number of amides is 1. The Bertz CT molecular complexity index is 1090. The Morgan fingerprint density at radius 3 is 2.64 bits per heavy atom. The maximum absolute atomic E-state index is 13.5. The molecule has 6 nitrogen and oxygen atoms in total. The third kappa shape index (κ3) is 2.61. The van der Waals surface area contributed by atoms with Gasteiger partial charge in [0.15, 0.2) is 5.69 Å². The number of carbonyl (C=O) groups excluding carboxylic acids is 1. The van der Waals surface area contributed by atoms with Crippen molar-refractivity contribution in [3.05, 3.63) is 72.7 Å². The molecule has 7 heteroatoms. The Hall–Kier alpha value is -3.61. The van der Waals surface area contributed by atoms with E-state index in [1.807, 2.05) is 30.3 Å². The van der Waals surface area contributed by atoms with Crippen LogP contribution >= 0.6 is 0 Å². The van der Waals surface area contributed by atoms with Gasteiger partial charge in [-0.2, -0.15) is 5.10 Å². The third-order valence-electron chi connectivity index (χ3n) is 3.84. The van der Waals surface area contributed by atoms with E-state index in [9.17, 15) is 9.18 Å². The minimum atomic E-state index is -0.656. The maximum atomic E-state index is 13.5. The molecule has 25 heavy (non-hydrogen) atoms. The zero-order chi connectivity index (χ0) is 17.4. The number of fused-ring (bicyclic) bond motifs is 1. The summed E-state index contributed by atoms with van der Waals surface area (Å²) in [6, 6.07) is 10.5. The van der Waals surface area contributed by atoms with Gasteiger partial charge in [0, 0.05) is 29.4 Å². The second-order valence-corrected chi connectivity index (χ2v) is 5.46. The lowest BCUT2D eigenvalue weighted by molar-refractivity contribution is 0.0996. The molecular weight excluding hydrogens is 321 g/mol. The fourth-order valence-corrected chi connectivity index (χ4v) is 2.73. The van der Waals surface area contributed by atoms with Crippen molar-refractivity contribution in [2.24, 2.45) is 5.73 Å². The number of nitrogens with two attached hydrogens (primary N) is 1. The van der Waals surface area contributed by atoms with Gasteiger partial charge in [0.1, 0.15) is 5.82 Å². The smallest absolute Gasteiger partial charge is 0.269 e. The summed E-state index contributed by atoms with van der Waals surface area (Å²) in [7, 11) is 0. The highest BCUT2D eigenvalue weighted by molar-refractivity contribution is 6.05. The van der Waals surface area contributed by atoms with Crippen LogP contribution in [-0.4, -0.2) is 25.7 Å². The van der Waals surface area contributed by atoms with Crippen LogP contribution in [-0.2, 0) is 0 Å². The first-order valence-corrected chi connectivity index (χ1v) is 7.47. The van der Waals surface area contributed by atoms with Crippen molar-refractivity contribution in [1.29, 1.82) is 0 Å². The quantitative estimate of drug-likeness (QED) is 0.624. The van der Waals surface area contributed by atoms with Gasteiger partial charge in [-0.15, -0.1) is 0 Å². The van der Waals surface area contributed by atoms with Crippen LogP contribution in [0.5, 0.6) is 0 Å². The first kappa shape index (κ1) is 14.9. The molecule has 122 valence electrons. The molecule has 4 aromatic rings. The van der Waals surface area contributed by atoms with E-state index in [0.717, 1.165) is 17.3 Å². The Balaban J connectivity index is 1.96. The average Bonchev–Trinajstić information content (AvgIpc) is 3.01. The molecule has 0 aliphatic carbocycles. The highest BCUT2D eigenvalue weighted by Crippen LogP contribution is 2.27. The number of pyridine rings is 2. The van der Waals surface area contributed by atoms with E-state index in [-0.39, 0.29) is 5.69 Å². The fourth-order valence-electron chi connectivity index (χ4n) is 2.73. The summed E-state index contributed by atoms with van der Waals surface area (Å²) < 4.78 is 15.0. The number of rotatable bonds is 3. The monoisotopic (exact) mass is 333 g/mol. The van der Waals surface area contributed by atoms with Gasteiger partial charge in [-0.25, -0.2) is 9.07 Å². The predicted octanol–water partition coefficient (Wildman–Crippen LogP) is 2.72. The minimum Gasteiger partial charge on any atom is -0.364 e. The Morgan fingerprint density at radius 1 is 1.04 bits per heavy atom. The maximum Gasteiger partial charge on any atom is 0.269 e. The van der Waals surface area contributed by atoms with Gasteiger partial charge in [0.2, 0.25) is 0 Å². The Kier molecular flexibility index (Phi) is 3.46. The molecule has 4 rings (SSSR count). The molecule has 0 unspecified atom stereocenters. The van der Waals surface area contributed by atoms with Gasteiger partial charge in [0.25, 0.3) is 5.91 Å². The highest BCUT2D eigenvalue weighted by atomic mass is 19.1. The van der Waals surface area contributed by atoms with E-state index in [1.165, 1.54) is 16.9 Å². The molecule has 1 aromatic carbocycles. The largest absolute Gasteiger partial charge is 0.364 e. The van der Waals surface area contributed by atoms with Crippen molar-refractivity contribution in [1.82, 2.24) is 19.7 Å². The number of hydrogen-bond acceptors (Lipinski definition) is 4. The van der Waals surface area contributed by atoms with Gasteiger partial charge in [-0.1, -0.05) is 12.1 Å². The van der Waals surface area contributed by atoms with E-state index in [0.29, 0.717) is 16.6 Å². The van der Waals surface area contributed by atoms with Gasteiger partial charge in [-0.3, -0.25) is 14.8 Å². The fraction of sp³-hybridized carbons (Fsp3) is 0. The van der Waals surface area contributed by atoms with Gasteiger partial charge in [0.05, 0.1) is 23.6 Å². The number of primary amides is 1. The zero-order valence-electron chi connectivity index (χ0n) is 12.9. The molecule has 0 aliphatic rings. The molecule has 0 atom stereocenters. The number of hydrogen-bond donors (Lipinski definition) is 1. The van der Waals surface area contributed by atoms with Crippen LogP contribution in [0.15, 0.2) is 61.2 Å². The Morgan fingerprint density at radius 2 is 1.92 bits per heavy atom. The summed E-state index contributed by atoms with van der Waals surface area (Å²) in [6.07, 6.45) is 5.98. The van der Waals surface area contributed by atoms with Crippen LogP contribution in [0.2, 0.25) is 0 Å². The van der Waals surface area contributed by atoms with E-state index in [2.05, 4.69) is 15.1 Å². The van der Waals surface area contributed by atoms with Crippen molar-refractivity contribution in [2.45, 2.75) is 0 Å². The summed E-state index contributed by atoms with van der Waals surface area (Å²) in [5.74, 6) is -1.15. The summed E-state index contributed by atoms with van der Waals surface area (Å²) in [5.41, 5.74) is 8.41. The summed E-state index contributed by atoms with van der Waals surface area (Å²) in [5, 5.41) is 4.84. The van der Waals surface area contributed by atoms with E-state index >= 15 is 0 Å². The zero-order valence-corrected chi connectivity index (χ0v) is 12.9. The number of nitrogens with zero attached hydrogens (tertiary/aromatic N) is 4. The van der Waals surface area contributed by atoms with Crippen LogP contribution in [0.1, 0.15) is 10.5 Å². The molecule has 0 radical (unpaired) electrons. The summed E-state index contributed by atoms with van der Waals surface area (Å²) >= 11 is 0. The second-order valence-electron chi connectivity index (χ2n) is 5.46. The third-order valence-corrected chi connectivity index (χ3v) is 3.84. The summed E-state index contributed by atoms with van der Waals surface area (Å²) in [6.45, 7) is 0. The molecule has 0 bridgehead atoms. The van der Waals surface area contributed by atoms with Crippen molar-refractivity contribution < 1.29 is 9.18 Å². The van der Waals surface area contributed by atoms with Crippen LogP contribution < -0.4 is 5.73 Å². The van der Waals surface area contributed by atoms with Crippen LogP contribution in [0.4, 0.5) is 4.39 Å². The molecular formula is C18H12FN5O. The van der Waals surface area contributed by atoms with Crippen molar-refractivity contribution >= 4 is 16.8 Å². The van der Waals surface area contributed by atoms with Gasteiger partial charge >= 0.3 is 0 Å². The number of benzene rings is 1. The van der Waals surface area contributed by atoms with Crippen LogP contribution in [0.3, 0.4) is 0 Å². The van der Waals surface area contributed by atoms with Crippen molar-refractivity contribution in [3.8, 4) is 16.8 Å². The average molecular weight is 333 g/mol. The van der Waals surface area contributed by atoms with Crippen LogP contribution in [0, 0.1) is 5.82 Å². The molecule has 1 amide bonds. The van der Waals surface area contributed by atoms with Crippen molar-refractivity contribution in [3.63, 3.8) is 0 Å². The molecule has 0 saturated heterocycles. The second kappa shape index (κ2) is 5.79. The van der Waals surface area contributed by atoms with E-state index in [4.69, 9.17) is 5.73 Å². The number of carbonyl (C=O) groups is 1. The molecule has 2 N–H and O–H groups in total. The number of halogens is 1. The molecule has 0 fully saturated rings.